The molecule has 16 nitrogen and oxygen atoms in total. The van der Waals surface area contributed by atoms with Crippen LogP contribution in [-0.4, -0.2) is 94.0 Å². The number of hydrogen-bond acceptors (Lipinski definition) is 16. The number of carbonyl (C=O) groups excluding carboxylic acids is 5. The molecule has 8 rings (SSSR count). The van der Waals surface area contributed by atoms with E-state index in [9.17, 15) is 34.2 Å². The lowest BCUT2D eigenvalue weighted by atomic mass is 9.37. The molecule has 4 bridgehead atoms. The van der Waals surface area contributed by atoms with Crippen molar-refractivity contribution in [2.24, 2.45) is 28.1 Å². The molecule has 3 aliphatic heterocycles. The Hall–Kier alpha value is -3.83. The second kappa shape index (κ2) is 10.2. The molecule has 4 saturated carbocycles. The first kappa shape index (κ1) is 35.2. The minimum absolute atomic E-state index is 0.0809. The molecule has 1 spiro atoms. The zero-order chi connectivity index (χ0) is 37.8. The van der Waals surface area contributed by atoms with Crippen LogP contribution in [0.2, 0.25) is 0 Å². The van der Waals surface area contributed by atoms with E-state index in [1.54, 1.807) is 26.8 Å². The highest BCUT2D eigenvalue weighted by atomic mass is 17.0. The van der Waals surface area contributed by atoms with Gasteiger partial charge < -0.3 is 47.8 Å². The van der Waals surface area contributed by atoms with E-state index in [0.29, 0.717) is 5.56 Å². The van der Waals surface area contributed by atoms with Gasteiger partial charge in [-0.05, 0) is 31.4 Å². The molecule has 52 heavy (non-hydrogen) atoms. The van der Waals surface area contributed by atoms with E-state index in [-0.39, 0.29) is 24.8 Å². The number of hydrogen-bond donors (Lipinski definition) is 2. The number of carbonyl (C=O) groups is 5. The van der Waals surface area contributed by atoms with Crippen molar-refractivity contribution in [3.8, 4) is 0 Å². The molecule has 1 aromatic rings. The molecule has 0 aromatic carbocycles. The van der Waals surface area contributed by atoms with E-state index in [1.165, 1.54) is 33.3 Å². The number of aliphatic hydroxyl groups is 2. The van der Waals surface area contributed by atoms with E-state index < -0.39 is 111 Å². The first-order valence-corrected chi connectivity index (χ1v) is 17.2. The van der Waals surface area contributed by atoms with Crippen LogP contribution in [0.4, 0.5) is 0 Å². The lowest BCUT2D eigenvalue weighted by Crippen LogP contribution is -2.89. The van der Waals surface area contributed by atoms with Gasteiger partial charge in [-0.2, -0.15) is 0 Å². The van der Waals surface area contributed by atoms with Gasteiger partial charge in [-0.1, -0.05) is 13.8 Å². The molecule has 2 N–H and O–H groups in total. The highest BCUT2D eigenvalue weighted by molar-refractivity contribution is 5.86. The topological polar surface area (TPSA) is 213 Å². The van der Waals surface area contributed by atoms with Gasteiger partial charge in [0.05, 0.1) is 30.7 Å². The fourth-order valence-electron chi connectivity index (χ4n) is 12.3. The lowest BCUT2D eigenvalue weighted by molar-refractivity contribution is -0.473. The highest BCUT2D eigenvalue weighted by Gasteiger charge is 3.01. The Kier molecular flexibility index (Phi) is 6.92. The number of ether oxygens (including phenoxy) is 8. The van der Waals surface area contributed by atoms with E-state index in [0.717, 1.165) is 20.1 Å². The van der Waals surface area contributed by atoms with E-state index in [2.05, 4.69) is 0 Å². The summed E-state index contributed by atoms with van der Waals surface area (Å²) in [4.78, 5) is 66.2. The van der Waals surface area contributed by atoms with Crippen molar-refractivity contribution >= 4 is 29.8 Å². The van der Waals surface area contributed by atoms with Crippen molar-refractivity contribution in [1.29, 1.82) is 0 Å². The van der Waals surface area contributed by atoms with Crippen LogP contribution in [0.3, 0.4) is 0 Å². The molecule has 7 aliphatic rings. The molecule has 282 valence electrons. The van der Waals surface area contributed by atoms with Gasteiger partial charge in [0, 0.05) is 68.4 Å². The number of rotatable bonds is 6. The maximum Gasteiger partial charge on any atom is 0.347 e. The fraction of sp³-hybridized carbons (Fsp3) is 0.694. The number of cyclic esters (lactones) is 1. The number of furan rings is 1. The van der Waals surface area contributed by atoms with Crippen molar-refractivity contribution in [2.75, 3.05) is 7.11 Å². The average Bonchev–Trinajstić information content (AvgIpc) is 3.75. The second-order valence-electron chi connectivity index (χ2n) is 16.1. The molecule has 6 fully saturated rings. The predicted molar refractivity (Wildman–Crippen MR) is 166 cm³/mol. The van der Waals surface area contributed by atoms with Crippen molar-refractivity contribution in [2.45, 2.75) is 121 Å². The molecular weight excluding hydrogens is 688 g/mol. The maximum absolute atomic E-state index is 13.9. The standard InChI is InChI=1S/C36H42O16/c1-16(37)46-22-11-21-33(42)15-29(22,4)26(25(28(41)44-8)48-18(3)39)31(33,6)34-13-23(47-17(2)38)30(5)20(12-24(40)49-27(30)19-9-10-45-14-19)35(34)36(21,43)52-32(7,50-34)51-35/h9-10,12,14,21-23,25-27,42-43H,11,13,15H2,1-8H3/t21-,22-,23+,25-,26+,27+,29-,30+,31-,32?,33+,34+,35+,36-/m1/s1. The Morgan fingerprint density at radius 2 is 1.62 bits per heavy atom. The number of fused-ring (bicyclic) bond motifs is 4. The van der Waals surface area contributed by atoms with Gasteiger partial charge >= 0.3 is 29.8 Å². The molecule has 1 aromatic heterocycles. The predicted octanol–water partition coefficient (Wildman–Crippen LogP) is 1.90. The highest BCUT2D eigenvalue weighted by Crippen LogP contribution is 2.87. The summed E-state index contributed by atoms with van der Waals surface area (Å²) in [5.74, 6) is -11.2. The first-order chi connectivity index (χ1) is 24.1. The molecule has 16 heteroatoms. The average molecular weight is 731 g/mol. The van der Waals surface area contributed by atoms with E-state index >= 15 is 0 Å². The summed E-state index contributed by atoms with van der Waals surface area (Å²) >= 11 is 0. The first-order valence-electron chi connectivity index (χ1n) is 17.2. The van der Waals surface area contributed by atoms with Gasteiger partial charge in [-0.3, -0.25) is 19.1 Å². The fourth-order valence-corrected chi connectivity index (χ4v) is 12.3. The summed E-state index contributed by atoms with van der Waals surface area (Å²) in [7, 11) is 1.12. The molecule has 0 amide bonds. The zero-order valence-corrected chi connectivity index (χ0v) is 30.0. The largest absolute Gasteiger partial charge is 0.472 e. The monoisotopic (exact) mass is 730 g/mol. The molecule has 4 aliphatic carbocycles. The van der Waals surface area contributed by atoms with Crippen LogP contribution in [0.5, 0.6) is 0 Å². The summed E-state index contributed by atoms with van der Waals surface area (Å²) in [5, 5.41) is 26.9. The lowest BCUT2D eigenvalue weighted by Gasteiger charge is -2.74. The van der Waals surface area contributed by atoms with Crippen molar-refractivity contribution in [3.63, 3.8) is 0 Å². The number of esters is 5. The third-order valence-electron chi connectivity index (χ3n) is 13.7. The molecular formula is C36H42O16. The number of methoxy groups -OCH3 is 1. The van der Waals surface area contributed by atoms with Gasteiger partial charge in [-0.25, -0.2) is 9.59 Å². The maximum atomic E-state index is 13.9. The van der Waals surface area contributed by atoms with Gasteiger partial charge in [0.25, 0.3) is 5.97 Å². The Labute approximate surface area is 297 Å². The van der Waals surface area contributed by atoms with Crippen LogP contribution in [0.15, 0.2) is 34.7 Å². The zero-order valence-electron chi connectivity index (χ0n) is 30.0. The Morgan fingerprint density at radius 3 is 2.21 bits per heavy atom. The smallest absolute Gasteiger partial charge is 0.347 e. The summed E-state index contributed by atoms with van der Waals surface area (Å²) in [6.45, 7) is 10.0. The third kappa shape index (κ3) is 3.67. The van der Waals surface area contributed by atoms with Crippen LogP contribution in [0.25, 0.3) is 0 Å². The Balaban J connectivity index is 1.49. The van der Waals surface area contributed by atoms with Gasteiger partial charge in [0.15, 0.2) is 5.60 Å². The molecule has 0 radical (unpaired) electrons. The van der Waals surface area contributed by atoms with Crippen LogP contribution >= 0.6 is 0 Å². The van der Waals surface area contributed by atoms with Gasteiger partial charge in [0.2, 0.25) is 11.9 Å². The molecule has 4 heterocycles. The van der Waals surface area contributed by atoms with Crippen LogP contribution in [0.1, 0.15) is 79.4 Å². The molecule has 14 atom stereocenters. The molecule has 2 saturated heterocycles. The summed E-state index contributed by atoms with van der Waals surface area (Å²) in [6, 6.07) is 1.59. The normalized spacial score (nSPS) is 49.5. The van der Waals surface area contributed by atoms with Crippen LogP contribution < -0.4 is 0 Å². The Morgan fingerprint density at radius 1 is 0.942 bits per heavy atom. The quantitative estimate of drug-likeness (QED) is 0.316. The summed E-state index contributed by atoms with van der Waals surface area (Å²) in [5.41, 5.74) is -10.5. The van der Waals surface area contributed by atoms with Crippen LogP contribution in [0, 0.1) is 28.1 Å². The third-order valence-corrected chi connectivity index (χ3v) is 13.7. The minimum Gasteiger partial charge on any atom is -0.472 e. The summed E-state index contributed by atoms with van der Waals surface area (Å²) in [6.07, 6.45) is -2.01. The van der Waals surface area contributed by atoms with Crippen molar-refractivity contribution < 1.29 is 76.5 Å². The SMILES string of the molecule is COC(=O)[C@H](OC(C)=O)[C@H]1[C@]2(C)C[C@]3(O)[C@@H](C[C@H]2OC(C)=O)[C@@]2(O)OC4(C)O[C@@]5(C[C@H](OC(C)=O)[C@]6(C)C(=CC(=O)O[C@H]6c6ccoc6)[C@]52O4)[C@]13C. The van der Waals surface area contributed by atoms with E-state index in [1.807, 2.05) is 0 Å². The van der Waals surface area contributed by atoms with Crippen molar-refractivity contribution in [1.82, 2.24) is 0 Å². The van der Waals surface area contributed by atoms with Crippen molar-refractivity contribution in [3.05, 3.63) is 35.8 Å². The van der Waals surface area contributed by atoms with Gasteiger partial charge in [-0.15, -0.1) is 0 Å². The molecule has 1 unspecified atom stereocenters. The second-order valence-corrected chi connectivity index (χ2v) is 16.1. The van der Waals surface area contributed by atoms with Crippen LogP contribution in [-0.2, 0) is 61.9 Å². The van der Waals surface area contributed by atoms with Gasteiger partial charge in [0.1, 0.15) is 23.9 Å². The Bertz CT molecular complexity index is 1840. The minimum atomic E-state index is -2.52. The summed E-state index contributed by atoms with van der Waals surface area (Å²) < 4.78 is 54.6. The van der Waals surface area contributed by atoms with E-state index in [4.69, 9.17) is 42.3 Å².